The van der Waals surface area contributed by atoms with Gasteiger partial charge >= 0.3 is 0 Å². The fourth-order valence-corrected chi connectivity index (χ4v) is 2.52. The van der Waals surface area contributed by atoms with E-state index in [9.17, 15) is 0 Å². The predicted octanol–water partition coefficient (Wildman–Crippen LogP) is 3.17. The third-order valence-electron chi connectivity index (χ3n) is 3.91. The van der Waals surface area contributed by atoms with Crippen LogP contribution in [0.3, 0.4) is 0 Å². The first-order valence-corrected chi connectivity index (χ1v) is 6.64. The molecule has 0 aromatic carbocycles. The molecule has 4 nitrogen and oxygen atoms in total. The Morgan fingerprint density at radius 3 is 2.56 bits per heavy atom. The van der Waals surface area contributed by atoms with E-state index in [-0.39, 0.29) is 0 Å². The Bertz CT molecular complexity index is 408. The third kappa shape index (κ3) is 2.92. The van der Waals surface area contributed by atoms with E-state index in [1.807, 2.05) is 6.92 Å². The van der Waals surface area contributed by atoms with Crippen molar-refractivity contribution in [2.45, 2.75) is 52.5 Å². The largest absolute Gasteiger partial charge is 0.481 e. The normalized spacial score (nSPS) is 19.6. The Morgan fingerprint density at radius 1 is 1.28 bits per heavy atom. The minimum atomic E-state index is 0.497. The van der Waals surface area contributed by atoms with E-state index in [0.717, 1.165) is 11.4 Å². The number of aromatic nitrogens is 2. The summed E-state index contributed by atoms with van der Waals surface area (Å²) in [6, 6.07) is 0.524. The zero-order valence-electron chi connectivity index (χ0n) is 11.8. The quantitative estimate of drug-likeness (QED) is 0.893. The van der Waals surface area contributed by atoms with Crippen molar-refractivity contribution in [3.05, 3.63) is 11.9 Å². The van der Waals surface area contributed by atoms with Crippen molar-refractivity contribution in [3.8, 4) is 5.88 Å². The summed E-state index contributed by atoms with van der Waals surface area (Å²) in [5.74, 6) is 1.56. The Morgan fingerprint density at radius 2 is 1.94 bits per heavy atom. The number of hydrogen-bond donors (Lipinski definition) is 1. The zero-order valence-corrected chi connectivity index (χ0v) is 11.8. The third-order valence-corrected chi connectivity index (χ3v) is 3.91. The van der Waals surface area contributed by atoms with E-state index >= 15 is 0 Å². The van der Waals surface area contributed by atoms with Crippen LogP contribution in [0.15, 0.2) is 6.33 Å². The zero-order chi connectivity index (χ0) is 13.2. The lowest BCUT2D eigenvalue weighted by Crippen LogP contribution is -2.30. The van der Waals surface area contributed by atoms with Crippen LogP contribution >= 0.6 is 0 Å². The van der Waals surface area contributed by atoms with Gasteiger partial charge in [-0.05, 0) is 38.0 Å². The minimum Gasteiger partial charge on any atom is -0.481 e. The van der Waals surface area contributed by atoms with Crippen molar-refractivity contribution in [1.29, 1.82) is 0 Å². The molecule has 1 N–H and O–H groups in total. The molecule has 18 heavy (non-hydrogen) atoms. The van der Waals surface area contributed by atoms with Gasteiger partial charge in [-0.1, -0.05) is 13.8 Å². The fraction of sp³-hybridized carbons (Fsp3) is 0.714. The van der Waals surface area contributed by atoms with Gasteiger partial charge in [0, 0.05) is 6.04 Å². The average Bonchev–Trinajstić information content (AvgIpc) is 2.34. The van der Waals surface area contributed by atoms with Crippen LogP contribution in [-0.4, -0.2) is 23.1 Å². The van der Waals surface area contributed by atoms with Gasteiger partial charge in [0.25, 0.3) is 0 Å². The molecule has 1 aromatic rings. The molecule has 4 heteroatoms. The van der Waals surface area contributed by atoms with Gasteiger partial charge in [0.15, 0.2) is 0 Å². The monoisotopic (exact) mass is 249 g/mol. The molecule has 1 aromatic heterocycles. The Balaban J connectivity index is 2.02. The molecular weight excluding hydrogens is 226 g/mol. The molecule has 0 unspecified atom stereocenters. The van der Waals surface area contributed by atoms with Crippen LogP contribution in [0.25, 0.3) is 0 Å². The molecule has 1 aliphatic carbocycles. The summed E-state index contributed by atoms with van der Waals surface area (Å²) in [6.45, 7) is 6.69. The second kappa shape index (κ2) is 5.12. The van der Waals surface area contributed by atoms with E-state index in [0.29, 0.717) is 17.3 Å². The molecule has 2 rings (SSSR count). The SMILES string of the molecule is COc1ncnc(NC2CCC(C)(C)CC2)c1C. The highest BCUT2D eigenvalue weighted by Crippen LogP contribution is 2.36. The van der Waals surface area contributed by atoms with Crippen molar-refractivity contribution in [2.24, 2.45) is 5.41 Å². The van der Waals surface area contributed by atoms with Crippen molar-refractivity contribution in [1.82, 2.24) is 9.97 Å². The van der Waals surface area contributed by atoms with Gasteiger partial charge in [-0.3, -0.25) is 0 Å². The summed E-state index contributed by atoms with van der Waals surface area (Å²) < 4.78 is 5.22. The van der Waals surface area contributed by atoms with Crippen molar-refractivity contribution in [3.63, 3.8) is 0 Å². The summed E-state index contributed by atoms with van der Waals surface area (Å²) >= 11 is 0. The van der Waals surface area contributed by atoms with Crippen molar-refractivity contribution < 1.29 is 4.74 Å². The maximum absolute atomic E-state index is 5.22. The maximum atomic E-state index is 5.22. The molecule has 1 heterocycles. The Hall–Kier alpha value is -1.32. The molecule has 1 aliphatic rings. The van der Waals surface area contributed by atoms with Gasteiger partial charge in [0.05, 0.1) is 12.7 Å². The van der Waals surface area contributed by atoms with E-state index in [1.54, 1.807) is 13.4 Å². The van der Waals surface area contributed by atoms with Crippen LogP contribution in [0.2, 0.25) is 0 Å². The van der Waals surface area contributed by atoms with Crippen LogP contribution in [0.5, 0.6) is 5.88 Å². The van der Waals surface area contributed by atoms with Crippen LogP contribution in [0.1, 0.15) is 45.1 Å². The van der Waals surface area contributed by atoms with Gasteiger partial charge in [0.1, 0.15) is 12.1 Å². The number of anilines is 1. The van der Waals surface area contributed by atoms with E-state index in [4.69, 9.17) is 4.74 Å². The number of methoxy groups -OCH3 is 1. The Labute approximate surface area is 109 Å². The topological polar surface area (TPSA) is 47.0 Å². The van der Waals surface area contributed by atoms with Crippen LogP contribution < -0.4 is 10.1 Å². The lowest BCUT2D eigenvalue weighted by Gasteiger charge is -2.35. The Kier molecular flexibility index (Phi) is 3.73. The second-order valence-electron chi connectivity index (χ2n) is 5.94. The molecule has 0 aliphatic heterocycles. The lowest BCUT2D eigenvalue weighted by molar-refractivity contribution is 0.232. The molecule has 0 atom stereocenters. The van der Waals surface area contributed by atoms with Gasteiger partial charge in [-0.15, -0.1) is 0 Å². The summed E-state index contributed by atoms with van der Waals surface area (Å²) in [5, 5.41) is 3.53. The highest BCUT2D eigenvalue weighted by Gasteiger charge is 2.27. The van der Waals surface area contributed by atoms with E-state index in [1.165, 1.54) is 25.7 Å². The molecule has 0 amide bonds. The minimum absolute atomic E-state index is 0.497. The van der Waals surface area contributed by atoms with Crippen LogP contribution in [-0.2, 0) is 0 Å². The van der Waals surface area contributed by atoms with Gasteiger partial charge in [-0.2, -0.15) is 0 Å². The van der Waals surface area contributed by atoms with Gasteiger partial charge in [-0.25, -0.2) is 9.97 Å². The van der Waals surface area contributed by atoms with Crippen LogP contribution in [0, 0.1) is 12.3 Å². The number of ether oxygens (including phenoxy) is 1. The molecule has 0 saturated heterocycles. The summed E-state index contributed by atoms with van der Waals surface area (Å²) in [5.41, 5.74) is 1.49. The van der Waals surface area contributed by atoms with Crippen LogP contribution in [0.4, 0.5) is 5.82 Å². The van der Waals surface area contributed by atoms with E-state index in [2.05, 4.69) is 29.1 Å². The second-order valence-corrected chi connectivity index (χ2v) is 5.94. The summed E-state index contributed by atoms with van der Waals surface area (Å²) in [6.07, 6.45) is 6.51. The number of hydrogen-bond acceptors (Lipinski definition) is 4. The number of nitrogens with zero attached hydrogens (tertiary/aromatic N) is 2. The lowest BCUT2D eigenvalue weighted by atomic mass is 9.75. The molecule has 100 valence electrons. The maximum Gasteiger partial charge on any atom is 0.221 e. The highest BCUT2D eigenvalue weighted by atomic mass is 16.5. The van der Waals surface area contributed by atoms with Gasteiger partial charge < -0.3 is 10.1 Å². The fourth-order valence-electron chi connectivity index (χ4n) is 2.52. The number of nitrogens with one attached hydrogen (secondary N) is 1. The standard InChI is InChI=1S/C14H23N3O/c1-10-12(15-9-16-13(10)18-4)17-11-5-7-14(2,3)8-6-11/h9,11H,5-8H2,1-4H3,(H,15,16,17). The average molecular weight is 249 g/mol. The van der Waals surface area contributed by atoms with E-state index < -0.39 is 0 Å². The smallest absolute Gasteiger partial charge is 0.221 e. The first-order chi connectivity index (χ1) is 8.52. The predicted molar refractivity (Wildman–Crippen MR) is 73.0 cm³/mol. The first kappa shape index (κ1) is 13.1. The summed E-state index contributed by atoms with van der Waals surface area (Å²) in [7, 11) is 1.64. The number of rotatable bonds is 3. The molecule has 1 saturated carbocycles. The molecule has 0 radical (unpaired) electrons. The summed E-state index contributed by atoms with van der Waals surface area (Å²) in [4.78, 5) is 8.42. The first-order valence-electron chi connectivity index (χ1n) is 6.64. The highest BCUT2D eigenvalue weighted by molar-refractivity contribution is 5.48. The van der Waals surface area contributed by atoms with Gasteiger partial charge in [0.2, 0.25) is 5.88 Å². The molecule has 1 fully saturated rings. The van der Waals surface area contributed by atoms with Crippen molar-refractivity contribution in [2.75, 3.05) is 12.4 Å². The molecule has 0 bridgehead atoms. The molecule has 0 spiro atoms. The van der Waals surface area contributed by atoms with Crippen molar-refractivity contribution >= 4 is 5.82 Å². The molecular formula is C14H23N3O.